The molecule has 1 saturated heterocycles. The van der Waals surface area contributed by atoms with Crippen LogP contribution in [0.5, 0.6) is 0 Å². The fraction of sp³-hybridized carbons (Fsp3) is 0.550. The zero-order chi connectivity index (χ0) is 19.3. The van der Waals surface area contributed by atoms with Gasteiger partial charge in [0.15, 0.2) is 0 Å². The second-order valence-corrected chi connectivity index (χ2v) is 9.08. The molecule has 0 spiro atoms. The summed E-state index contributed by atoms with van der Waals surface area (Å²) in [6.45, 7) is 5.31. The summed E-state index contributed by atoms with van der Waals surface area (Å²) < 4.78 is 31.9. The van der Waals surface area contributed by atoms with Gasteiger partial charge in [-0.05, 0) is 49.0 Å². The molecule has 2 aliphatic rings. The monoisotopic (exact) mass is 392 g/mol. The minimum atomic E-state index is -3.48. The Balaban J connectivity index is 1.64. The van der Waals surface area contributed by atoms with E-state index < -0.39 is 10.0 Å². The molecule has 2 fully saturated rings. The molecule has 27 heavy (non-hydrogen) atoms. The van der Waals surface area contributed by atoms with Crippen LogP contribution in [0.1, 0.15) is 31.7 Å². The molecule has 0 aromatic heterocycles. The number of hydrogen-bond donors (Lipinski definition) is 0. The lowest BCUT2D eigenvalue weighted by atomic mass is 10.2. The normalized spacial score (nSPS) is 18.7. The number of rotatable bonds is 8. The van der Waals surface area contributed by atoms with Gasteiger partial charge in [-0.1, -0.05) is 19.1 Å². The number of carbonyl (C=O) groups is 1. The van der Waals surface area contributed by atoms with Gasteiger partial charge in [-0.2, -0.15) is 4.31 Å². The van der Waals surface area contributed by atoms with Crippen LogP contribution in [0.3, 0.4) is 0 Å². The van der Waals surface area contributed by atoms with Crippen LogP contribution in [0.15, 0.2) is 35.2 Å². The maximum Gasteiger partial charge on any atom is 0.246 e. The van der Waals surface area contributed by atoms with Crippen molar-refractivity contribution in [3.63, 3.8) is 0 Å². The predicted molar refractivity (Wildman–Crippen MR) is 105 cm³/mol. The van der Waals surface area contributed by atoms with E-state index in [1.54, 1.807) is 36.4 Å². The molecular weight excluding hydrogens is 364 g/mol. The standard InChI is InChI=1S/C20H28N2O4S/c1-2-11-21(16-18-3-4-18)20(23)10-7-17-5-8-19(9-6-17)27(24,25)22-12-14-26-15-13-22/h5-10,18H,2-4,11-16H2,1H3. The first-order chi connectivity index (χ1) is 13.0. The highest BCUT2D eigenvalue weighted by atomic mass is 32.2. The van der Waals surface area contributed by atoms with Gasteiger partial charge in [0.25, 0.3) is 0 Å². The van der Waals surface area contributed by atoms with Gasteiger partial charge in [-0.25, -0.2) is 8.42 Å². The lowest BCUT2D eigenvalue weighted by Crippen LogP contribution is -2.40. The summed E-state index contributed by atoms with van der Waals surface area (Å²) in [6, 6.07) is 6.68. The van der Waals surface area contributed by atoms with Gasteiger partial charge in [0.05, 0.1) is 18.1 Å². The fourth-order valence-corrected chi connectivity index (χ4v) is 4.54. The molecule has 1 aromatic rings. The molecule has 1 aromatic carbocycles. The second kappa shape index (κ2) is 8.99. The molecule has 148 valence electrons. The molecule has 1 aliphatic heterocycles. The quantitative estimate of drug-likeness (QED) is 0.637. The van der Waals surface area contributed by atoms with E-state index in [9.17, 15) is 13.2 Å². The van der Waals surface area contributed by atoms with Crippen LogP contribution in [0.2, 0.25) is 0 Å². The number of sulfonamides is 1. The summed E-state index contributed by atoms with van der Waals surface area (Å²) in [7, 11) is -3.48. The van der Waals surface area contributed by atoms with E-state index in [4.69, 9.17) is 4.74 Å². The van der Waals surface area contributed by atoms with Crippen molar-refractivity contribution in [1.82, 2.24) is 9.21 Å². The Morgan fingerprint density at radius 3 is 2.48 bits per heavy atom. The van der Waals surface area contributed by atoms with Crippen molar-refractivity contribution in [3.05, 3.63) is 35.9 Å². The summed E-state index contributed by atoms with van der Waals surface area (Å²) in [5.41, 5.74) is 0.812. The van der Waals surface area contributed by atoms with Gasteiger partial charge >= 0.3 is 0 Å². The number of benzene rings is 1. The van der Waals surface area contributed by atoms with Gasteiger partial charge < -0.3 is 9.64 Å². The van der Waals surface area contributed by atoms with Gasteiger partial charge in [-0.15, -0.1) is 0 Å². The Bertz CT molecular complexity index is 764. The van der Waals surface area contributed by atoms with Gasteiger partial charge in [0.1, 0.15) is 0 Å². The fourth-order valence-electron chi connectivity index (χ4n) is 3.13. The van der Waals surface area contributed by atoms with Crippen LogP contribution in [0, 0.1) is 5.92 Å². The maximum atomic E-state index is 12.6. The minimum absolute atomic E-state index is 0.0220. The van der Waals surface area contributed by atoms with Gasteiger partial charge in [0.2, 0.25) is 15.9 Å². The molecule has 1 amide bonds. The molecule has 0 atom stereocenters. The average molecular weight is 393 g/mol. The molecule has 1 heterocycles. The van der Waals surface area contributed by atoms with Crippen LogP contribution in [-0.2, 0) is 19.6 Å². The Kier molecular flexibility index (Phi) is 6.68. The zero-order valence-corrected chi connectivity index (χ0v) is 16.7. The number of nitrogens with zero attached hydrogens (tertiary/aromatic N) is 2. The van der Waals surface area contributed by atoms with Gasteiger partial charge in [0, 0.05) is 32.3 Å². The topological polar surface area (TPSA) is 66.9 Å². The minimum Gasteiger partial charge on any atom is -0.379 e. The number of carbonyl (C=O) groups excluding carboxylic acids is 1. The molecule has 6 nitrogen and oxygen atoms in total. The first kappa shape index (κ1) is 20.0. The van der Waals surface area contributed by atoms with Crippen LogP contribution >= 0.6 is 0 Å². The molecule has 0 bridgehead atoms. The lowest BCUT2D eigenvalue weighted by molar-refractivity contribution is -0.126. The second-order valence-electron chi connectivity index (χ2n) is 7.15. The summed E-state index contributed by atoms with van der Waals surface area (Å²) in [4.78, 5) is 14.6. The number of ether oxygens (including phenoxy) is 1. The van der Waals surface area contributed by atoms with E-state index in [-0.39, 0.29) is 10.8 Å². The van der Waals surface area contributed by atoms with Crippen molar-refractivity contribution in [2.45, 2.75) is 31.1 Å². The van der Waals surface area contributed by atoms with Gasteiger partial charge in [-0.3, -0.25) is 4.79 Å². The highest BCUT2D eigenvalue weighted by molar-refractivity contribution is 7.89. The average Bonchev–Trinajstić information content (AvgIpc) is 3.51. The van der Waals surface area contributed by atoms with Crippen molar-refractivity contribution >= 4 is 22.0 Å². The van der Waals surface area contributed by atoms with Crippen LogP contribution in [0.25, 0.3) is 6.08 Å². The summed E-state index contributed by atoms with van der Waals surface area (Å²) in [5.74, 6) is 0.687. The first-order valence-corrected chi connectivity index (χ1v) is 11.1. The van der Waals surface area contributed by atoms with E-state index in [0.717, 1.165) is 25.1 Å². The zero-order valence-electron chi connectivity index (χ0n) is 15.8. The van der Waals surface area contributed by atoms with Crippen molar-refractivity contribution < 1.29 is 17.9 Å². The molecule has 7 heteroatoms. The third-order valence-electron chi connectivity index (χ3n) is 4.89. The number of hydrogen-bond acceptors (Lipinski definition) is 4. The smallest absolute Gasteiger partial charge is 0.246 e. The number of amides is 1. The Hall–Kier alpha value is -1.70. The lowest BCUT2D eigenvalue weighted by Gasteiger charge is -2.26. The molecule has 3 rings (SSSR count). The van der Waals surface area contributed by atoms with Crippen molar-refractivity contribution in [2.24, 2.45) is 5.92 Å². The molecule has 0 N–H and O–H groups in total. The molecule has 1 saturated carbocycles. The van der Waals surface area contributed by atoms with Crippen LogP contribution in [-0.4, -0.2) is 62.9 Å². The summed E-state index contributed by atoms with van der Waals surface area (Å²) in [5, 5.41) is 0. The largest absolute Gasteiger partial charge is 0.379 e. The predicted octanol–water partition coefficient (Wildman–Crippen LogP) is 2.37. The highest BCUT2D eigenvalue weighted by Gasteiger charge is 2.26. The Morgan fingerprint density at radius 1 is 1.22 bits per heavy atom. The van der Waals surface area contributed by atoms with E-state index in [2.05, 4.69) is 6.92 Å². The molecule has 0 radical (unpaired) electrons. The van der Waals surface area contributed by atoms with E-state index >= 15 is 0 Å². The molecule has 1 aliphatic carbocycles. The van der Waals surface area contributed by atoms with Crippen molar-refractivity contribution in [3.8, 4) is 0 Å². The van der Waals surface area contributed by atoms with E-state index in [1.807, 2.05) is 4.90 Å². The highest BCUT2D eigenvalue weighted by Crippen LogP contribution is 2.29. The first-order valence-electron chi connectivity index (χ1n) is 9.65. The maximum absolute atomic E-state index is 12.6. The summed E-state index contributed by atoms with van der Waals surface area (Å²) >= 11 is 0. The van der Waals surface area contributed by atoms with Crippen molar-refractivity contribution in [1.29, 1.82) is 0 Å². The summed E-state index contributed by atoms with van der Waals surface area (Å²) in [6.07, 6.45) is 6.72. The molecule has 0 unspecified atom stereocenters. The third kappa shape index (κ3) is 5.40. The number of morpholine rings is 1. The van der Waals surface area contributed by atoms with Crippen LogP contribution in [0.4, 0.5) is 0 Å². The van der Waals surface area contributed by atoms with E-state index in [0.29, 0.717) is 32.2 Å². The van der Waals surface area contributed by atoms with Crippen molar-refractivity contribution in [2.75, 3.05) is 39.4 Å². The molecular formula is C20H28N2O4S. The van der Waals surface area contributed by atoms with Crippen LogP contribution < -0.4 is 0 Å². The third-order valence-corrected chi connectivity index (χ3v) is 6.80. The SMILES string of the molecule is CCCN(CC1CC1)C(=O)C=Cc1ccc(S(=O)(=O)N2CCOCC2)cc1. The Labute approximate surface area is 161 Å². The Morgan fingerprint density at radius 2 is 1.89 bits per heavy atom. The van der Waals surface area contributed by atoms with E-state index in [1.165, 1.54) is 17.1 Å².